The third-order valence-electron chi connectivity index (χ3n) is 2.36. The van der Waals surface area contributed by atoms with E-state index in [1.165, 1.54) is 36.0 Å². The topological polar surface area (TPSA) is 116 Å². The number of nitrogen functional groups attached to an aromatic ring is 1. The van der Waals surface area contributed by atoms with Crippen molar-refractivity contribution >= 4 is 34.9 Å². The summed E-state index contributed by atoms with van der Waals surface area (Å²) in [5, 5.41) is 11.5. The fraction of sp³-hybridized carbons (Fsp3) is 0.0909. The van der Waals surface area contributed by atoms with Gasteiger partial charge in [0.1, 0.15) is 5.82 Å². The summed E-state index contributed by atoms with van der Waals surface area (Å²) in [5.41, 5.74) is 2.11. The van der Waals surface area contributed by atoms with E-state index in [9.17, 15) is 10.1 Å². The molecular weight excluding hydrogens is 318 g/mol. The molecule has 1 heterocycles. The summed E-state index contributed by atoms with van der Waals surface area (Å²) in [5.74, 6) is 5.63. The van der Waals surface area contributed by atoms with Crippen LogP contribution >= 0.6 is 23.4 Å². The summed E-state index contributed by atoms with van der Waals surface area (Å²) in [6.07, 6.45) is 1.78. The molecule has 0 aliphatic carbocycles. The van der Waals surface area contributed by atoms with Crippen molar-refractivity contribution in [1.82, 2.24) is 9.97 Å². The lowest BCUT2D eigenvalue weighted by atomic mass is 10.3. The monoisotopic (exact) mass is 327 g/mol. The number of aromatic nitrogens is 2. The van der Waals surface area contributed by atoms with E-state index >= 15 is 0 Å². The molecule has 21 heavy (non-hydrogen) atoms. The minimum Gasteiger partial charge on any atom is -0.430 e. The SMILES string of the molecule is CSc1nc(NN)cc(Oc2c(Cl)cccc2[N+](=O)[O-])n1. The molecular formula is C11H10ClN5O3S. The van der Waals surface area contributed by atoms with Gasteiger partial charge in [0.25, 0.3) is 0 Å². The first-order valence-corrected chi connectivity index (χ1v) is 7.16. The maximum Gasteiger partial charge on any atom is 0.313 e. The van der Waals surface area contributed by atoms with Gasteiger partial charge in [0.2, 0.25) is 11.6 Å². The van der Waals surface area contributed by atoms with Crippen LogP contribution < -0.4 is 16.0 Å². The van der Waals surface area contributed by atoms with Crippen molar-refractivity contribution in [2.75, 3.05) is 11.7 Å². The average molecular weight is 328 g/mol. The van der Waals surface area contributed by atoms with E-state index in [0.29, 0.717) is 11.0 Å². The molecule has 2 rings (SSSR count). The molecule has 0 unspecified atom stereocenters. The largest absolute Gasteiger partial charge is 0.430 e. The molecule has 0 radical (unpaired) electrons. The fourth-order valence-corrected chi connectivity index (χ4v) is 2.05. The van der Waals surface area contributed by atoms with Gasteiger partial charge in [-0.25, -0.2) is 10.8 Å². The minimum absolute atomic E-state index is 0.0853. The van der Waals surface area contributed by atoms with Crippen LogP contribution in [-0.4, -0.2) is 21.1 Å². The second-order valence-electron chi connectivity index (χ2n) is 3.67. The van der Waals surface area contributed by atoms with E-state index < -0.39 is 4.92 Å². The number of ether oxygens (including phenoxy) is 1. The zero-order valence-corrected chi connectivity index (χ0v) is 12.3. The Labute approximate surface area is 128 Å². The zero-order valence-electron chi connectivity index (χ0n) is 10.7. The molecule has 0 amide bonds. The average Bonchev–Trinajstić information content (AvgIpc) is 2.48. The van der Waals surface area contributed by atoms with Gasteiger partial charge in [-0.05, 0) is 12.3 Å². The molecule has 110 valence electrons. The van der Waals surface area contributed by atoms with E-state index in [4.69, 9.17) is 22.2 Å². The van der Waals surface area contributed by atoms with E-state index in [1.807, 2.05) is 0 Å². The zero-order chi connectivity index (χ0) is 15.4. The van der Waals surface area contributed by atoms with Crippen molar-refractivity contribution < 1.29 is 9.66 Å². The quantitative estimate of drug-likeness (QED) is 0.283. The molecule has 0 fully saturated rings. The van der Waals surface area contributed by atoms with Crippen LogP contribution in [0.4, 0.5) is 11.5 Å². The Morgan fingerprint density at radius 1 is 1.48 bits per heavy atom. The lowest BCUT2D eigenvalue weighted by molar-refractivity contribution is -0.385. The number of nitro groups is 1. The number of hydrogen-bond acceptors (Lipinski definition) is 8. The van der Waals surface area contributed by atoms with E-state index in [-0.39, 0.29) is 22.3 Å². The van der Waals surface area contributed by atoms with Crippen molar-refractivity contribution in [1.29, 1.82) is 0 Å². The van der Waals surface area contributed by atoms with Gasteiger partial charge in [-0.3, -0.25) is 10.1 Å². The molecule has 1 aromatic heterocycles. The number of rotatable bonds is 5. The summed E-state index contributed by atoms with van der Waals surface area (Å²) >= 11 is 7.23. The van der Waals surface area contributed by atoms with Crippen molar-refractivity contribution in [2.45, 2.75) is 5.16 Å². The fourth-order valence-electron chi connectivity index (χ4n) is 1.47. The van der Waals surface area contributed by atoms with Gasteiger partial charge in [-0.1, -0.05) is 29.4 Å². The summed E-state index contributed by atoms with van der Waals surface area (Å²) in [6, 6.07) is 5.66. The molecule has 0 saturated carbocycles. The van der Waals surface area contributed by atoms with Crippen LogP contribution in [0.25, 0.3) is 0 Å². The number of nitrogens with two attached hydrogens (primary N) is 1. The molecule has 0 atom stereocenters. The molecule has 0 bridgehead atoms. The number of halogens is 1. The Bertz CT molecular complexity index is 663. The van der Waals surface area contributed by atoms with Crippen LogP contribution in [0.2, 0.25) is 5.02 Å². The Balaban J connectivity index is 2.45. The normalized spacial score (nSPS) is 10.2. The van der Waals surface area contributed by atoms with Crippen molar-refractivity contribution in [2.24, 2.45) is 5.84 Å². The van der Waals surface area contributed by atoms with E-state index in [0.717, 1.165) is 0 Å². The van der Waals surface area contributed by atoms with Gasteiger partial charge in [0.05, 0.1) is 9.95 Å². The van der Waals surface area contributed by atoms with Crippen molar-refractivity contribution in [3.8, 4) is 11.6 Å². The number of nitrogens with zero attached hydrogens (tertiary/aromatic N) is 3. The molecule has 10 heteroatoms. The smallest absolute Gasteiger partial charge is 0.313 e. The standard InChI is InChI=1S/C11H10ClN5O3S/c1-21-11-14-8(16-13)5-9(15-11)20-10-6(12)3-2-4-7(10)17(18)19/h2-5H,13H2,1H3,(H,14,15,16). The van der Waals surface area contributed by atoms with Gasteiger partial charge in [0.15, 0.2) is 5.16 Å². The highest BCUT2D eigenvalue weighted by atomic mass is 35.5. The van der Waals surface area contributed by atoms with Crippen molar-refractivity contribution in [3.05, 3.63) is 39.4 Å². The Hall–Kier alpha value is -2.10. The Morgan fingerprint density at radius 2 is 2.24 bits per heavy atom. The predicted octanol–water partition coefficient (Wildman–Crippen LogP) is 2.84. The van der Waals surface area contributed by atoms with Gasteiger partial charge in [-0.2, -0.15) is 4.98 Å². The molecule has 8 nitrogen and oxygen atoms in total. The number of hydrogen-bond donors (Lipinski definition) is 2. The molecule has 0 saturated heterocycles. The van der Waals surface area contributed by atoms with Gasteiger partial charge >= 0.3 is 5.69 Å². The lowest BCUT2D eigenvalue weighted by Gasteiger charge is -2.09. The number of hydrazine groups is 1. The third kappa shape index (κ3) is 3.51. The third-order valence-corrected chi connectivity index (χ3v) is 3.21. The summed E-state index contributed by atoms with van der Waals surface area (Å²) in [6.45, 7) is 0. The molecule has 0 spiro atoms. The number of para-hydroxylation sites is 1. The second-order valence-corrected chi connectivity index (χ2v) is 4.85. The number of anilines is 1. The van der Waals surface area contributed by atoms with Gasteiger partial charge in [-0.15, -0.1) is 0 Å². The highest BCUT2D eigenvalue weighted by molar-refractivity contribution is 7.98. The van der Waals surface area contributed by atoms with Crippen LogP contribution in [0.3, 0.4) is 0 Å². The number of nitrogens with one attached hydrogen (secondary N) is 1. The molecule has 2 aromatic rings. The van der Waals surface area contributed by atoms with Crippen LogP contribution in [0.5, 0.6) is 11.6 Å². The van der Waals surface area contributed by atoms with Gasteiger partial charge < -0.3 is 10.2 Å². The summed E-state index contributed by atoms with van der Waals surface area (Å²) in [7, 11) is 0. The van der Waals surface area contributed by atoms with Crippen LogP contribution in [0.1, 0.15) is 0 Å². The van der Waals surface area contributed by atoms with Gasteiger partial charge in [0, 0.05) is 12.1 Å². The lowest BCUT2D eigenvalue weighted by Crippen LogP contribution is -2.09. The van der Waals surface area contributed by atoms with E-state index in [2.05, 4.69) is 15.4 Å². The van der Waals surface area contributed by atoms with Crippen LogP contribution in [-0.2, 0) is 0 Å². The number of benzene rings is 1. The predicted molar refractivity (Wildman–Crippen MR) is 79.8 cm³/mol. The van der Waals surface area contributed by atoms with Crippen LogP contribution in [0.15, 0.2) is 29.4 Å². The van der Waals surface area contributed by atoms with Crippen LogP contribution in [0, 0.1) is 10.1 Å². The first kappa shape index (κ1) is 15.3. The first-order valence-electron chi connectivity index (χ1n) is 5.55. The molecule has 0 aliphatic heterocycles. The Kier molecular flexibility index (Phi) is 4.78. The number of nitro benzene ring substituents is 1. The molecule has 3 N–H and O–H groups in total. The van der Waals surface area contributed by atoms with E-state index in [1.54, 1.807) is 6.26 Å². The molecule has 0 aliphatic rings. The minimum atomic E-state index is -0.583. The highest BCUT2D eigenvalue weighted by Gasteiger charge is 2.20. The molecule has 1 aromatic carbocycles. The maximum absolute atomic E-state index is 11.0. The van der Waals surface area contributed by atoms with Crippen molar-refractivity contribution in [3.63, 3.8) is 0 Å². The number of thioether (sulfide) groups is 1. The second kappa shape index (κ2) is 6.57. The maximum atomic E-state index is 11.0. The summed E-state index contributed by atoms with van der Waals surface area (Å²) in [4.78, 5) is 18.6. The highest BCUT2D eigenvalue weighted by Crippen LogP contribution is 2.37. The summed E-state index contributed by atoms with van der Waals surface area (Å²) < 4.78 is 5.45. The first-order chi connectivity index (χ1) is 10.0. The Morgan fingerprint density at radius 3 is 2.86 bits per heavy atom.